The van der Waals surface area contributed by atoms with E-state index in [9.17, 15) is 4.79 Å². The van der Waals surface area contributed by atoms with Crippen LogP contribution in [0.1, 0.15) is 20.3 Å². The summed E-state index contributed by atoms with van der Waals surface area (Å²) in [6.45, 7) is 5.87. The number of aromatic nitrogens is 4. The molecule has 0 fully saturated rings. The molecule has 2 heterocycles. The zero-order chi connectivity index (χ0) is 14.0. The first kappa shape index (κ1) is 13.7. The molecular formula is C13H21N5O. The molecule has 6 heteroatoms. The van der Waals surface area contributed by atoms with Crippen molar-refractivity contribution in [2.24, 2.45) is 7.05 Å². The highest BCUT2D eigenvalue weighted by molar-refractivity contribution is 5.71. The van der Waals surface area contributed by atoms with Crippen LogP contribution in [0.5, 0.6) is 0 Å². The molecule has 0 N–H and O–H groups in total. The second-order valence-electron chi connectivity index (χ2n) is 4.87. The van der Waals surface area contributed by atoms with Crippen LogP contribution in [0.3, 0.4) is 0 Å². The normalized spacial score (nSPS) is 13.3. The molecular weight excluding hydrogens is 242 g/mol. The Kier molecular flexibility index (Phi) is 3.99. The van der Waals surface area contributed by atoms with Crippen molar-refractivity contribution in [2.45, 2.75) is 32.9 Å². The number of fused-ring (bicyclic) bond motifs is 1. The quantitative estimate of drug-likeness (QED) is 0.803. The largest absolute Gasteiger partial charge is 0.302 e. The third-order valence-corrected chi connectivity index (χ3v) is 3.61. The van der Waals surface area contributed by atoms with Crippen molar-refractivity contribution in [2.75, 3.05) is 13.6 Å². The molecule has 0 spiro atoms. The van der Waals surface area contributed by atoms with E-state index >= 15 is 0 Å². The summed E-state index contributed by atoms with van der Waals surface area (Å²) in [5, 5.41) is 4.18. The van der Waals surface area contributed by atoms with Crippen molar-refractivity contribution in [3.8, 4) is 0 Å². The SMILES string of the molecule is CC[C@H](Cn1cnc2cn(C)nc2c1=O)N(C)CC. The van der Waals surface area contributed by atoms with Gasteiger partial charge in [0, 0.05) is 19.6 Å². The molecule has 0 bridgehead atoms. The Morgan fingerprint density at radius 1 is 1.42 bits per heavy atom. The molecule has 0 aromatic carbocycles. The molecule has 2 rings (SSSR count). The highest BCUT2D eigenvalue weighted by atomic mass is 16.1. The van der Waals surface area contributed by atoms with Crippen LogP contribution in [0.15, 0.2) is 17.3 Å². The minimum absolute atomic E-state index is 0.0615. The molecule has 0 saturated heterocycles. The summed E-state index contributed by atoms with van der Waals surface area (Å²) >= 11 is 0. The Morgan fingerprint density at radius 2 is 2.16 bits per heavy atom. The smallest absolute Gasteiger partial charge is 0.281 e. The number of hydrogen-bond acceptors (Lipinski definition) is 4. The molecule has 0 radical (unpaired) electrons. The summed E-state index contributed by atoms with van der Waals surface area (Å²) in [5.41, 5.74) is 1.04. The first-order valence-corrected chi connectivity index (χ1v) is 6.65. The summed E-state index contributed by atoms with van der Waals surface area (Å²) in [5.74, 6) is 0. The van der Waals surface area contributed by atoms with Crippen molar-refractivity contribution in [1.82, 2.24) is 24.2 Å². The maximum atomic E-state index is 12.3. The lowest BCUT2D eigenvalue weighted by Crippen LogP contribution is -2.37. The predicted molar refractivity (Wildman–Crippen MR) is 75.2 cm³/mol. The molecule has 0 aliphatic carbocycles. The third kappa shape index (κ3) is 2.68. The molecule has 6 nitrogen and oxygen atoms in total. The zero-order valence-corrected chi connectivity index (χ0v) is 12.0. The summed E-state index contributed by atoms with van der Waals surface area (Å²) in [6.07, 6.45) is 4.38. The standard InChI is InChI=1S/C13H21N5O/c1-5-10(16(3)6-2)7-18-9-14-11-8-17(4)15-12(11)13(18)19/h8-10H,5-7H2,1-4H3/t10-/m1/s1. The van der Waals surface area contributed by atoms with Gasteiger partial charge in [0.25, 0.3) is 5.56 Å². The van der Waals surface area contributed by atoms with Gasteiger partial charge in [-0.1, -0.05) is 13.8 Å². The fourth-order valence-electron chi connectivity index (χ4n) is 2.24. The van der Waals surface area contributed by atoms with E-state index in [1.807, 2.05) is 0 Å². The van der Waals surface area contributed by atoms with E-state index in [4.69, 9.17) is 0 Å². The topological polar surface area (TPSA) is 56.0 Å². The Hall–Kier alpha value is -1.69. The number of likely N-dealkylation sites (N-methyl/N-ethyl adjacent to an activating group) is 1. The van der Waals surface area contributed by atoms with Crippen LogP contribution in [0.4, 0.5) is 0 Å². The van der Waals surface area contributed by atoms with Crippen LogP contribution >= 0.6 is 0 Å². The molecule has 0 aliphatic heterocycles. The minimum atomic E-state index is -0.0615. The second kappa shape index (κ2) is 5.52. The van der Waals surface area contributed by atoms with E-state index in [2.05, 4.69) is 35.9 Å². The molecule has 0 unspecified atom stereocenters. The fraction of sp³-hybridized carbons (Fsp3) is 0.615. The van der Waals surface area contributed by atoms with Crippen LogP contribution in [0.25, 0.3) is 11.0 Å². The van der Waals surface area contributed by atoms with Crippen LogP contribution in [0.2, 0.25) is 0 Å². The first-order valence-electron chi connectivity index (χ1n) is 6.65. The van der Waals surface area contributed by atoms with Gasteiger partial charge in [0.1, 0.15) is 5.52 Å². The molecule has 2 aromatic heterocycles. The molecule has 19 heavy (non-hydrogen) atoms. The van der Waals surface area contributed by atoms with Gasteiger partial charge < -0.3 is 4.90 Å². The van der Waals surface area contributed by atoms with E-state index in [-0.39, 0.29) is 5.56 Å². The number of aryl methyl sites for hydroxylation is 1. The number of nitrogens with zero attached hydrogens (tertiary/aromatic N) is 5. The zero-order valence-electron chi connectivity index (χ0n) is 12.0. The number of hydrogen-bond donors (Lipinski definition) is 0. The summed E-state index contributed by atoms with van der Waals surface area (Å²) < 4.78 is 3.29. The van der Waals surface area contributed by atoms with Crippen LogP contribution in [-0.4, -0.2) is 43.9 Å². The maximum Gasteiger partial charge on any atom is 0.281 e. The van der Waals surface area contributed by atoms with Crippen LogP contribution in [0, 0.1) is 0 Å². The monoisotopic (exact) mass is 263 g/mol. The van der Waals surface area contributed by atoms with Crippen molar-refractivity contribution < 1.29 is 0 Å². The van der Waals surface area contributed by atoms with Gasteiger partial charge in [-0.3, -0.25) is 14.0 Å². The van der Waals surface area contributed by atoms with Gasteiger partial charge in [-0.2, -0.15) is 5.10 Å². The molecule has 104 valence electrons. The van der Waals surface area contributed by atoms with Gasteiger partial charge in [0.2, 0.25) is 0 Å². The Morgan fingerprint density at radius 3 is 2.79 bits per heavy atom. The lowest BCUT2D eigenvalue weighted by Gasteiger charge is -2.26. The average Bonchev–Trinajstić information content (AvgIpc) is 2.79. The van der Waals surface area contributed by atoms with E-state index in [0.717, 1.165) is 13.0 Å². The Labute approximate surface area is 112 Å². The van der Waals surface area contributed by atoms with E-state index < -0.39 is 0 Å². The molecule has 1 atom stereocenters. The highest BCUT2D eigenvalue weighted by Gasteiger charge is 2.14. The van der Waals surface area contributed by atoms with E-state index in [0.29, 0.717) is 23.6 Å². The third-order valence-electron chi connectivity index (χ3n) is 3.61. The van der Waals surface area contributed by atoms with E-state index in [1.165, 1.54) is 0 Å². The summed E-state index contributed by atoms with van der Waals surface area (Å²) in [4.78, 5) is 18.9. The van der Waals surface area contributed by atoms with Crippen molar-refractivity contribution in [3.63, 3.8) is 0 Å². The van der Waals surface area contributed by atoms with Gasteiger partial charge in [-0.05, 0) is 20.0 Å². The van der Waals surface area contributed by atoms with Crippen molar-refractivity contribution >= 4 is 11.0 Å². The van der Waals surface area contributed by atoms with Crippen molar-refractivity contribution in [1.29, 1.82) is 0 Å². The van der Waals surface area contributed by atoms with Gasteiger partial charge in [-0.25, -0.2) is 4.98 Å². The molecule has 2 aromatic rings. The number of rotatable bonds is 5. The molecule has 0 amide bonds. The lowest BCUT2D eigenvalue weighted by molar-refractivity contribution is 0.221. The first-order chi connectivity index (χ1) is 9.06. The predicted octanol–water partition coefficient (Wildman–Crippen LogP) is 0.860. The Balaban J connectivity index is 2.35. The highest BCUT2D eigenvalue weighted by Crippen LogP contribution is 2.06. The van der Waals surface area contributed by atoms with Gasteiger partial charge in [-0.15, -0.1) is 0 Å². The minimum Gasteiger partial charge on any atom is -0.302 e. The van der Waals surface area contributed by atoms with Gasteiger partial charge in [0.05, 0.1) is 12.5 Å². The molecule has 0 saturated carbocycles. The van der Waals surface area contributed by atoms with Gasteiger partial charge in [0.15, 0.2) is 5.52 Å². The van der Waals surface area contributed by atoms with Crippen molar-refractivity contribution in [3.05, 3.63) is 22.9 Å². The van der Waals surface area contributed by atoms with E-state index in [1.54, 1.807) is 28.8 Å². The van der Waals surface area contributed by atoms with Gasteiger partial charge >= 0.3 is 0 Å². The summed E-state index contributed by atoms with van der Waals surface area (Å²) in [7, 11) is 3.87. The fourth-order valence-corrected chi connectivity index (χ4v) is 2.24. The summed E-state index contributed by atoms with van der Waals surface area (Å²) in [6, 6.07) is 0.339. The molecule has 0 aliphatic rings. The average molecular weight is 263 g/mol. The maximum absolute atomic E-state index is 12.3. The Bertz CT molecular complexity index is 615. The second-order valence-corrected chi connectivity index (χ2v) is 4.87. The van der Waals surface area contributed by atoms with Crippen LogP contribution < -0.4 is 5.56 Å². The van der Waals surface area contributed by atoms with Crippen LogP contribution in [-0.2, 0) is 13.6 Å². The lowest BCUT2D eigenvalue weighted by atomic mass is 10.2.